The molecule has 1 aromatic rings. The molecule has 0 saturated carbocycles. The van der Waals surface area contributed by atoms with E-state index < -0.39 is 5.91 Å². The minimum Gasteiger partial charge on any atom is -0.483 e. The van der Waals surface area contributed by atoms with Gasteiger partial charge in [0.1, 0.15) is 5.75 Å². The number of rotatable bonds is 18. The number of unbranched alkanes of at least 4 members (excludes halogenated alkanes) is 1. The number of amides is 2. The monoisotopic (exact) mass is 562 g/mol. The van der Waals surface area contributed by atoms with Crippen LogP contribution in [0.3, 0.4) is 0 Å². The van der Waals surface area contributed by atoms with E-state index in [0.717, 1.165) is 39.0 Å². The van der Waals surface area contributed by atoms with E-state index in [1.54, 1.807) is 23.2 Å². The maximum Gasteiger partial charge on any atom is 0.271 e. The molecule has 40 heavy (non-hydrogen) atoms. The molecule has 1 aliphatic heterocycles. The molecule has 0 aromatic heterocycles. The highest BCUT2D eigenvalue weighted by molar-refractivity contribution is 6.09. The molecule has 5 N–H and O–H groups in total. The van der Waals surface area contributed by atoms with Crippen molar-refractivity contribution >= 4 is 23.4 Å². The third kappa shape index (κ3) is 12.1. The molecule has 2 rings (SSSR count). The van der Waals surface area contributed by atoms with Crippen LogP contribution in [0.25, 0.3) is 0 Å². The number of benzene rings is 1. The van der Waals surface area contributed by atoms with Gasteiger partial charge < -0.3 is 14.8 Å². The zero-order valence-corrected chi connectivity index (χ0v) is 24.3. The van der Waals surface area contributed by atoms with Crippen LogP contribution in [0.4, 0.5) is 0 Å². The van der Waals surface area contributed by atoms with Crippen LogP contribution in [0.5, 0.6) is 5.75 Å². The van der Waals surface area contributed by atoms with Crippen LogP contribution in [0, 0.1) is 5.41 Å². The largest absolute Gasteiger partial charge is 0.483 e. The molecule has 1 aliphatic rings. The Balaban J connectivity index is 1.64. The molecule has 0 radical (unpaired) electrons. The second-order valence-electron chi connectivity index (χ2n) is 10.8. The fourth-order valence-corrected chi connectivity index (χ4v) is 4.10. The number of hydrazine groups is 2. The second kappa shape index (κ2) is 17.0. The van der Waals surface area contributed by atoms with Gasteiger partial charge in [0.15, 0.2) is 18.2 Å². The molecule has 12 heteroatoms. The van der Waals surface area contributed by atoms with E-state index >= 15 is 0 Å². The van der Waals surface area contributed by atoms with Gasteiger partial charge in [0.2, 0.25) is 5.91 Å². The van der Waals surface area contributed by atoms with Gasteiger partial charge in [0.25, 0.3) is 5.91 Å². The zero-order chi connectivity index (χ0) is 29.5. The van der Waals surface area contributed by atoms with E-state index in [-0.39, 0.29) is 40.8 Å². The topological polar surface area (TPSA) is 155 Å². The summed E-state index contributed by atoms with van der Waals surface area (Å²) < 4.78 is 11.3. The highest BCUT2D eigenvalue weighted by Gasteiger charge is 2.22. The Morgan fingerprint density at radius 1 is 1.07 bits per heavy atom. The summed E-state index contributed by atoms with van der Waals surface area (Å²) in [6.45, 7) is 12.1. The summed E-state index contributed by atoms with van der Waals surface area (Å²) in [7, 11) is 0. The second-order valence-corrected chi connectivity index (χ2v) is 10.8. The Bertz CT molecular complexity index is 994. The molecule has 1 heterocycles. The van der Waals surface area contributed by atoms with Gasteiger partial charge in [-0.2, -0.15) is 0 Å². The van der Waals surface area contributed by atoms with Crippen LogP contribution in [0.1, 0.15) is 67.7 Å². The maximum atomic E-state index is 12.5. The number of hydrogen-bond acceptors (Lipinski definition) is 10. The first-order chi connectivity index (χ1) is 19.0. The maximum absolute atomic E-state index is 12.5. The number of piperazine rings is 1. The molecule has 1 aromatic carbocycles. The number of nitrogens with two attached hydrogens (primary N) is 1. The Morgan fingerprint density at radius 2 is 1.80 bits per heavy atom. The van der Waals surface area contributed by atoms with E-state index in [1.807, 2.05) is 20.8 Å². The van der Waals surface area contributed by atoms with Gasteiger partial charge in [0, 0.05) is 56.7 Å². The first-order valence-electron chi connectivity index (χ1n) is 13.9. The van der Waals surface area contributed by atoms with E-state index in [4.69, 9.17) is 15.3 Å². The predicted octanol–water partition coefficient (Wildman–Crippen LogP) is 0.912. The van der Waals surface area contributed by atoms with Crippen LogP contribution in [-0.4, -0.2) is 98.9 Å². The van der Waals surface area contributed by atoms with Crippen LogP contribution in [-0.2, 0) is 14.3 Å². The molecular weight excluding hydrogens is 516 g/mol. The van der Waals surface area contributed by atoms with Crippen LogP contribution < -0.4 is 26.7 Å². The number of carbonyl (C=O) groups is 4. The molecule has 224 valence electrons. The molecule has 1 saturated heterocycles. The van der Waals surface area contributed by atoms with Gasteiger partial charge in [-0.25, -0.2) is 10.4 Å². The summed E-state index contributed by atoms with van der Waals surface area (Å²) in [6, 6.07) is 4.84. The molecule has 0 spiro atoms. The molecule has 0 unspecified atom stereocenters. The summed E-state index contributed by atoms with van der Waals surface area (Å²) in [5, 5.41) is 4.73. The molecule has 0 aliphatic carbocycles. The highest BCUT2D eigenvalue weighted by Crippen LogP contribution is 2.25. The lowest BCUT2D eigenvalue weighted by molar-refractivity contribution is -0.124. The summed E-state index contributed by atoms with van der Waals surface area (Å²) in [6.07, 6.45) is 1.97. The Kier molecular flexibility index (Phi) is 14.2. The van der Waals surface area contributed by atoms with Gasteiger partial charge >= 0.3 is 0 Å². The van der Waals surface area contributed by atoms with E-state index in [0.29, 0.717) is 44.8 Å². The molecular formula is C28H46N6O6. The quantitative estimate of drug-likeness (QED) is 0.0878. The van der Waals surface area contributed by atoms with Crippen molar-refractivity contribution < 1.29 is 28.7 Å². The van der Waals surface area contributed by atoms with Crippen LogP contribution in [0.15, 0.2) is 18.2 Å². The molecule has 2 amide bonds. The van der Waals surface area contributed by atoms with Crippen molar-refractivity contribution in [3.05, 3.63) is 29.3 Å². The van der Waals surface area contributed by atoms with Crippen molar-refractivity contribution in [3.8, 4) is 5.75 Å². The van der Waals surface area contributed by atoms with Gasteiger partial charge in [-0.1, -0.05) is 39.3 Å². The number of nitrogens with one attached hydrogen (secondary N) is 3. The van der Waals surface area contributed by atoms with Crippen LogP contribution >= 0.6 is 0 Å². The van der Waals surface area contributed by atoms with Gasteiger partial charge in [-0.3, -0.25) is 35.3 Å². The molecule has 0 atom stereocenters. The number of carbonyl (C=O) groups excluding carboxylic acids is 4. The lowest BCUT2D eigenvalue weighted by atomic mass is 9.95. The van der Waals surface area contributed by atoms with Crippen molar-refractivity contribution in [2.45, 2.75) is 47.0 Å². The predicted molar refractivity (Wildman–Crippen MR) is 152 cm³/mol. The van der Waals surface area contributed by atoms with Crippen molar-refractivity contribution in [3.63, 3.8) is 0 Å². The fraction of sp³-hybridized carbons (Fsp3) is 0.643. The van der Waals surface area contributed by atoms with Crippen LogP contribution in [0.2, 0.25) is 0 Å². The van der Waals surface area contributed by atoms with Gasteiger partial charge in [-0.05, 0) is 19.4 Å². The first-order valence-corrected chi connectivity index (χ1v) is 13.9. The minimum absolute atomic E-state index is 0.0182. The van der Waals surface area contributed by atoms with Crippen molar-refractivity contribution in [2.75, 3.05) is 65.6 Å². The summed E-state index contributed by atoms with van der Waals surface area (Å²) >= 11 is 0. The number of hydrogen-bond donors (Lipinski definition) is 4. The van der Waals surface area contributed by atoms with Crippen molar-refractivity contribution in [2.24, 2.45) is 11.3 Å². The molecule has 12 nitrogen and oxygen atoms in total. The molecule has 1 fully saturated rings. The van der Waals surface area contributed by atoms with Crippen molar-refractivity contribution in [1.82, 2.24) is 26.1 Å². The smallest absolute Gasteiger partial charge is 0.271 e. The van der Waals surface area contributed by atoms with Crippen molar-refractivity contribution in [1.29, 1.82) is 0 Å². The summed E-state index contributed by atoms with van der Waals surface area (Å²) in [5.74, 6) is 5.10. The minimum atomic E-state index is -0.437. The lowest BCUT2D eigenvalue weighted by Gasteiger charge is -2.32. The zero-order valence-electron chi connectivity index (χ0n) is 24.3. The SMILES string of the molecule is CCCCC(=O)c1cccc(OCC(=O)NNCCOCC(C)(C)CNC(=O)CN2CCN(N)CC2)c1C(C)=O. The third-order valence-corrected chi connectivity index (χ3v) is 6.43. The standard InChI is InChI=1S/C28H46N6O6/c1-5-6-9-23(36)22-8-7-10-24(27(22)21(2)35)40-18-26(38)32-31-11-16-39-20-28(3,4)19-30-25(37)17-33-12-14-34(29)15-13-33/h7-8,10,31H,5-6,9,11-20,29H2,1-4H3,(H,30,37)(H,32,38). The van der Waals surface area contributed by atoms with E-state index in [1.165, 1.54) is 6.92 Å². The highest BCUT2D eigenvalue weighted by atomic mass is 16.5. The lowest BCUT2D eigenvalue weighted by Crippen LogP contribution is -2.52. The summed E-state index contributed by atoms with van der Waals surface area (Å²) in [5.41, 5.74) is 5.57. The number of ketones is 2. The normalized spacial score (nSPS) is 14.5. The average molecular weight is 563 g/mol. The Hall–Kier alpha value is -2.90. The van der Waals surface area contributed by atoms with Gasteiger partial charge in [-0.15, -0.1) is 0 Å². The van der Waals surface area contributed by atoms with E-state index in [2.05, 4.69) is 21.1 Å². The van der Waals surface area contributed by atoms with Gasteiger partial charge in [0.05, 0.1) is 25.3 Å². The Morgan fingerprint density at radius 3 is 2.48 bits per heavy atom. The third-order valence-electron chi connectivity index (χ3n) is 6.43. The Labute approximate surface area is 237 Å². The average Bonchev–Trinajstić information content (AvgIpc) is 2.92. The number of ether oxygens (including phenoxy) is 2. The number of nitrogens with zero attached hydrogens (tertiary/aromatic N) is 2. The number of Topliss-reactive ketones (excluding diaryl/α,β-unsaturated/α-hetero) is 2. The fourth-order valence-electron chi connectivity index (χ4n) is 4.10. The first kappa shape index (κ1) is 33.3. The van der Waals surface area contributed by atoms with E-state index in [9.17, 15) is 19.2 Å². The molecule has 0 bridgehead atoms. The summed E-state index contributed by atoms with van der Waals surface area (Å²) in [4.78, 5) is 51.3.